The van der Waals surface area contributed by atoms with Gasteiger partial charge in [-0.15, -0.1) is 0 Å². The predicted octanol–water partition coefficient (Wildman–Crippen LogP) is 1.31. The minimum atomic E-state index is -0.0865. The van der Waals surface area contributed by atoms with E-state index in [1.54, 1.807) is 24.3 Å². The number of nitrogens with two attached hydrogens (primary N) is 1. The molecule has 1 fully saturated rings. The van der Waals surface area contributed by atoms with Crippen LogP contribution in [0.3, 0.4) is 0 Å². The lowest BCUT2D eigenvalue weighted by atomic mass is 10.1. The van der Waals surface area contributed by atoms with Crippen LogP contribution in [0.15, 0.2) is 29.4 Å². The quantitative estimate of drug-likeness (QED) is 0.326. The van der Waals surface area contributed by atoms with E-state index in [1.807, 2.05) is 0 Å². The van der Waals surface area contributed by atoms with Crippen molar-refractivity contribution in [1.82, 2.24) is 5.32 Å². The molecule has 1 saturated carbocycles. The molecule has 0 aliphatic heterocycles. The number of benzene rings is 1. The third-order valence-electron chi connectivity index (χ3n) is 3.37. The highest BCUT2D eigenvalue weighted by molar-refractivity contribution is 5.99. The number of carbonyl (C=O) groups is 1. The maximum absolute atomic E-state index is 11.9. The molecule has 1 unspecified atom stereocenters. The van der Waals surface area contributed by atoms with Crippen molar-refractivity contribution >= 4 is 11.7 Å². The summed E-state index contributed by atoms with van der Waals surface area (Å²) in [5.74, 6) is -0.0538. The molecule has 5 nitrogen and oxygen atoms in total. The molecule has 0 spiro atoms. The summed E-state index contributed by atoms with van der Waals surface area (Å²) in [7, 11) is 0. The van der Waals surface area contributed by atoms with Crippen LogP contribution in [0.1, 0.15) is 36.2 Å². The Kier molecular flexibility index (Phi) is 2.98. The van der Waals surface area contributed by atoms with Crippen molar-refractivity contribution < 1.29 is 10.0 Å². The molecule has 96 valence electrons. The first-order chi connectivity index (χ1) is 8.44. The van der Waals surface area contributed by atoms with E-state index in [0.29, 0.717) is 11.1 Å². The molecule has 1 aromatic carbocycles. The largest absolute Gasteiger partial charge is 0.409 e. The first kappa shape index (κ1) is 12.4. The maximum Gasteiger partial charge on any atom is 0.251 e. The summed E-state index contributed by atoms with van der Waals surface area (Å²) >= 11 is 0. The zero-order valence-corrected chi connectivity index (χ0v) is 10.5. The predicted molar refractivity (Wildman–Crippen MR) is 68.6 cm³/mol. The van der Waals surface area contributed by atoms with Crippen LogP contribution in [0.5, 0.6) is 0 Å². The number of carbonyl (C=O) groups excluding carboxylic acids is 1. The van der Waals surface area contributed by atoms with Gasteiger partial charge in [0.05, 0.1) is 0 Å². The normalized spacial score (nSPS) is 21.4. The van der Waals surface area contributed by atoms with Gasteiger partial charge in [-0.3, -0.25) is 4.79 Å². The third kappa shape index (κ3) is 2.45. The van der Waals surface area contributed by atoms with Crippen LogP contribution in [-0.4, -0.2) is 23.0 Å². The Hall–Kier alpha value is -2.04. The van der Waals surface area contributed by atoms with Gasteiger partial charge in [0.25, 0.3) is 5.91 Å². The van der Waals surface area contributed by atoms with Gasteiger partial charge in [-0.25, -0.2) is 0 Å². The second-order valence-corrected chi connectivity index (χ2v) is 5.28. The smallest absolute Gasteiger partial charge is 0.251 e. The lowest BCUT2D eigenvalue weighted by Gasteiger charge is -2.07. The topological polar surface area (TPSA) is 87.7 Å². The molecule has 2 rings (SSSR count). The van der Waals surface area contributed by atoms with Gasteiger partial charge in [-0.2, -0.15) is 0 Å². The zero-order chi connectivity index (χ0) is 13.3. The molecule has 1 atom stereocenters. The van der Waals surface area contributed by atoms with Gasteiger partial charge in [-0.1, -0.05) is 31.1 Å². The molecular weight excluding hydrogens is 230 g/mol. The van der Waals surface area contributed by atoms with E-state index in [1.165, 1.54) is 0 Å². The van der Waals surface area contributed by atoms with E-state index in [4.69, 9.17) is 10.9 Å². The van der Waals surface area contributed by atoms with Gasteiger partial charge in [0, 0.05) is 17.2 Å². The first-order valence-electron chi connectivity index (χ1n) is 5.83. The summed E-state index contributed by atoms with van der Waals surface area (Å²) in [4.78, 5) is 11.9. The molecule has 5 heteroatoms. The summed E-state index contributed by atoms with van der Waals surface area (Å²) in [5.41, 5.74) is 6.82. The number of rotatable bonds is 3. The van der Waals surface area contributed by atoms with E-state index >= 15 is 0 Å². The highest BCUT2D eigenvalue weighted by atomic mass is 16.4. The van der Waals surface area contributed by atoms with E-state index < -0.39 is 0 Å². The van der Waals surface area contributed by atoms with E-state index in [9.17, 15) is 4.79 Å². The minimum absolute atomic E-state index is 0.0327. The summed E-state index contributed by atoms with van der Waals surface area (Å²) in [5, 5.41) is 14.4. The summed E-state index contributed by atoms with van der Waals surface area (Å²) in [6.45, 7) is 4.25. The van der Waals surface area contributed by atoms with Crippen molar-refractivity contribution in [3.05, 3.63) is 35.4 Å². The molecule has 0 aromatic heterocycles. The van der Waals surface area contributed by atoms with Crippen LogP contribution >= 0.6 is 0 Å². The number of amidine groups is 1. The lowest BCUT2D eigenvalue weighted by Crippen LogP contribution is -2.28. The fraction of sp³-hybridized carbons (Fsp3) is 0.385. The van der Waals surface area contributed by atoms with E-state index in [0.717, 1.165) is 6.42 Å². The molecular formula is C13H17N3O2. The van der Waals surface area contributed by atoms with Crippen LogP contribution in [0.4, 0.5) is 0 Å². The summed E-state index contributed by atoms with van der Waals surface area (Å²) in [6.07, 6.45) is 1.01. The minimum Gasteiger partial charge on any atom is -0.409 e. The number of nitrogens with one attached hydrogen (secondary N) is 1. The molecule has 18 heavy (non-hydrogen) atoms. The third-order valence-corrected chi connectivity index (χ3v) is 3.37. The van der Waals surface area contributed by atoms with E-state index in [-0.39, 0.29) is 23.2 Å². The summed E-state index contributed by atoms with van der Waals surface area (Å²) < 4.78 is 0. The molecule has 1 amide bonds. The monoisotopic (exact) mass is 247 g/mol. The van der Waals surface area contributed by atoms with E-state index in [2.05, 4.69) is 24.3 Å². The Balaban J connectivity index is 2.04. The number of nitrogens with zero attached hydrogens (tertiary/aromatic N) is 1. The Morgan fingerprint density at radius 2 is 1.89 bits per heavy atom. The fourth-order valence-corrected chi connectivity index (χ4v) is 1.81. The average molecular weight is 247 g/mol. The molecule has 0 bridgehead atoms. The Bertz CT molecular complexity index is 491. The van der Waals surface area contributed by atoms with Crippen molar-refractivity contribution in [1.29, 1.82) is 0 Å². The molecule has 0 radical (unpaired) electrons. The molecule has 1 aliphatic rings. The summed E-state index contributed by atoms with van der Waals surface area (Å²) in [6, 6.07) is 6.90. The number of amides is 1. The van der Waals surface area contributed by atoms with Crippen LogP contribution in [-0.2, 0) is 0 Å². The van der Waals surface area contributed by atoms with Gasteiger partial charge in [0.1, 0.15) is 0 Å². The second kappa shape index (κ2) is 4.33. The van der Waals surface area contributed by atoms with Gasteiger partial charge in [-0.05, 0) is 24.0 Å². The zero-order valence-electron chi connectivity index (χ0n) is 10.5. The average Bonchev–Trinajstić information content (AvgIpc) is 2.95. The maximum atomic E-state index is 11.9. The van der Waals surface area contributed by atoms with Crippen molar-refractivity contribution in [2.45, 2.75) is 26.3 Å². The van der Waals surface area contributed by atoms with Gasteiger partial charge in [0.15, 0.2) is 5.84 Å². The highest BCUT2D eigenvalue weighted by Gasteiger charge is 2.46. The van der Waals surface area contributed by atoms with Crippen molar-refractivity contribution in [2.24, 2.45) is 16.3 Å². The molecule has 1 aromatic rings. The Morgan fingerprint density at radius 1 is 1.39 bits per heavy atom. The highest BCUT2D eigenvalue weighted by Crippen LogP contribution is 2.44. The lowest BCUT2D eigenvalue weighted by molar-refractivity contribution is 0.0946. The molecule has 0 saturated heterocycles. The standard InChI is InChI=1S/C13H17N3O2/c1-13(2)7-10(13)15-12(17)9-5-3-8(4-6-9)11(14)16-18/h3-6,10,18H,7H2,1-2H3,(H2,14,16)(H,15,17). The second-order valence-electron chi connectivity index (χ2n) is 5.28. The van der Waals surface area contributed by atoms with Crippen molar-refractivity contribution in [3.8, 4) is 0 Å². The number of hydrogen-bond acceptors (Lipinski definition) is 3. The molecule has 0 heterocycles. The molecule has 1 aliphatic carbocycles. The first-order valence-corrected chi connectivity index (χ1v) is 5.83. The Labute approximate surface area is 106 Å². The van der Waals surface area contributed by atoms with Gasteiger partial charge in [0.2, 0.25) is 0 Å². The van der Waals surface area contributed by atoms with Crippen LogP contribution < -0.4 is 11.1 Å². The van der Waals surface area contributed by atoms with Crippen molar-refractivity contribution in [3.63, 3.8) is 0 Å². The number of oxime groups is 1. The van der Waals surface area contributed by atoms with Gasteiger partial charge >= 0.3 is 0 Å². The SMILES string of the molecule is CC1(C)CC1NC(=O)c1ccc(C(N)=NO)cc1. The molecule has 4 N–H and O–H groups in total. The number of hydrogen-bond donors (Lipinski definition) is 3. The van der Waals surface area contributed by atoms with Gasteiger partial charge < -0.3 is 16.3 Å². The fourth-order valence-electron chi connectivity index (χ4n) is 1.81. The Morgan fingerprint density at radius 3 is 2.33 bits per heavy atom. The van der Waals surface area contributed by atoms with Crippen molar-refractivity contribution in [2.75, 3.05) is 0 Å². The van der Waals surface area contributed by atoms with Crippen LogP contribution in [0.25, 0.3) is 0 Å². The van der Waals surface area contributed by atoms with Crippen LogP contribution in [0.2, 0.25) is 0 Å². The van der Waals surface area contributed by atoms with Crippen LogP contribution in [0, 0.1) is 5.41 Å².